The van der Waals surface area contributed by atoms with Gasteiger partial charge in [-0.3, -0.25) is 4.90 Å². The molecule has 7 heteroatoms. The molecule has 0 atom stereocenters. The molecule has 19 heavy (non-hydrogen) atoms. The van der Waals surface area contributed by atoms with E-state index in [-0.39, 0.29) is 10.6 Å². The van der Waals surface area contributed by atoms with Crippen molar-refractivity contribution in [1.82, 2.24) is 9.62 Å². The van der Waals surface area contributed by atoms with Crippen molar-refractivity contribution in [2.75, 3.05) is 45.1 Å². The maximum absolute atomic E-state index is 12.1. The van der Waals surface area contributed by atoms with E-state index < -0.39 is 10.0 Å². The van der Waals surface area contributed by atoms with Crippen molar-refractivity contribution in [2.45, 2.75) is 4.90 Å². The summed E-state index contributed by atoms with van der Waals surface area (Å²) < 4.78 is 31.9. The lowest BCUT2D eigenvalue weighted by atomic mass is 10.3. The maximum atomic E-state index is 12.1. The zero-order valence-electron chi connectivity index (χ0n) is 10.7. The van der Waals surface area contributed by atoms with E-state index in [1.807, 2.05) is 0 Å². The molecule has 106 valence electrons. The number of hydrogen-bond acceptors (Lipinski definition) is 5. The molecule has 6 nitrogen and oxygen atoms in total. The number of anilines is 1. The first-order valence-corrected chi connectivity index (χ1v) is 7.72. The number of para-hydroxylation sites is 1. The van der Waals surface area contributed by atoms with Crippen molar-refractivity contribution < 1.29 is 13.2 Å². The van der Waals surface area contributed by atoms with Gasteiger partial charge in [0, 0.05) is 26.2 Å². The second-order valence-corrected chi connectivity index (χ2v) is 6.12. The third-order valence-electron chi connectivity index (χ3n) is 3.03. The largest absolute Gasteiger partial charge is 0.398 e. The van der Waals surface area contributed by atoms with Gasteiger partial charge in [-0.2, -0.15) is 0 Å². The fourth-order valence-electron chi connectivity index (χ4n) is 1.97. The highest BCUT2D eigenvalue weighted by molar-refractivity contribution is 7.89. The van der Waals surface area contributed by atoms with Gasteiger partial charge in [0.05, 0.1) is 18.9 Å². The Morgan fingerprint density at radius 2 is 1.95 bits per heavy atom. The van der Waals surface area contributed by atoms with Crippen molar-refractivity contribution in [2.24, 2.45) is 0 Å². The molecular weight excluding hydrogens is 266 g/mol. The summed E-state index contributed by atoms with van der Waals surface area (Å²) in [5.74, 6) is 0. The Balaban J connectivity index is 1.89. The van der Waals surface area contributed by atoms with Crippen LogP contribution in [-0.4, -0.2) is 52.7 Å². The van der Waals surface area contributed by atoms with Gasteiger partial charge in [0.2, 0.25) is 10.0 Å². The van der Waals surface area contributed by atoms with E-state index in [1.54, 1.807) is 18.2 Å². The zero-order chi connectivity index (χ0) is 13.7. The molecule has 1 aliphatic heterocycles. The lowest BCUT2D eigenvalue weighted by molar-refractivity contribution is 0.0390. The van der Waals surface area contributed by atoms with Crippen LogP contribution in [0.25, 0.3) is 0 Å². The second-order valence-electron chi connectivity index (χ2n) is 4.39. The number of ether oxygens (including phenoxy) is 1. The molecule has 3 N–H and O–H groups in total. The smallest absolute Gasteiger partial charge is 0.242 e. The van der Waals surface area contributed by atoms with Crippen molar-refractivity contribution >= 4 is 15.7 Å². The number of morpholine rings is 1. The lowest BCUT2D eigenvalue weighted by Gasteiger charge is -2.26. The van der Waals surface area contributed by atoms with E-state index in [1.165, 1.54) is 6.07 Å². The number of rotatable bonds is 5. The van der Waals surface area contributed by atoms with Gasteiger partial charge in [0.15, 0.2) is 0 Å². The molecule has 0 amide bonds. The summed E-state index contributed by atoms with van der Waals surface area (Å²) >= 11 is 0. The topological polar surface area (TPSA) is 84.7 Å². The van der Waals surface area contributed by atoms with Crippen LogP contribution in [0.3, 0.4) is 0 Å². The van der Waals surface area contributed by atoms with E-state index in [2.05, 4.69) is 9.62 Å². The summed E-state index contributed by atoms with van der Waals surface area (Å²) in [6.45, 7) is 4.15. The number of sulfonamides is 1. The van der Waals surface area contributed by atoms with Gasteiger partial charge in [-0.25, -0.2) is 13.1 Å². The van der Waals surface area contributed by atoms with Gasteiger partial charge in [-0.1, -0.05) is 12.1 Å². The monoisotopic (exact) mass is 285 g/mol. The van der Waals surface area contributed by atoms with E-state index in [9.17, 15) is 8.42 Å². The van der Waals surface area contributed by atoms with Crippen LogP contribution < -0.4 is 10.5 Å². The molecule has 0 spiro atoms. The average molecular weight is 285 g/mol. The third-order valence-corrected chi connectivity index (χ3v) is 4.57. The quantitative estimate of drug-likeness (QED) is 0.737. The summed E-state index contributed by atoms with van der Waals surface area (Å²) in [5, 5.41) is 0. The Bertz CT molecular complexity index is 513. The Hall–Kier alpha value is -1.15. The Labute approximate surface area is 113 Å². The summed E-state index contributed by atoms with van der Waals surface area (Å²) in [5.41, 5.74) is 5.94. The highest BCUT2D eigenvalue weighted by Crippen LogP contribution is 2.16. The van der Waals surface area contributed by atoms with Crippen LogP contribution in [0.15, 0.2) is 29.2 Å². The number of nitrogens with two attached hydrogens (primary N) is 1. The van der Waals surface area contributed by atoms with Crippen molar-refractivity contribution in [3.05, 3.63) is 24.3 Å². The predicted octanol–water partition coefficient (Wildman–Crippen LogP) is -0.121. The van der Waals surface area contributed by atoms with E-state index in [0.29, 0.717) is 26.3 Å². The molecule has 1 aromatic carbocycles. The Morgan fingerprint density at radius 3 is 2.63 bits per heavy atom. The van der Waals surface area contributed by atoms with Gasteiger partial charge in [0.1, 0.15) is 4.90 Å². The normalized spacial score (nSPS) is 17.5. The Kier molecular flexibility index (Phi) is 4.76. The van der Waals surface area contributed by atoms with Gasteiger partial charge < -0.3 is 10.5 Å². The van der Waals surface area contributed by atoms with Crippen LogP contribution >= 0.6 is 0 Å². The summed E-state index contributed by atoms with van der Waals surface area (Å²) in [4.78, 5) is 2.30. The Morgan fingerprint density at radius 1 is 1.26 bits per heavy atom. The summed E-state index contributed by atoms with van der Waals surface area (Å²) in [6, 6.07) is 6.46. The molecule has 1 aliphatic rings. The number of hydrogen-bond donors (Lipinski definition) is 2. The molecule has 1 fully saturated rings. The molecule has 0 unspecified atom stereocenters. The summed E-state index contributed by atoms with van der Waals surface area (Å²) in [7, 11) is -3.52. The minimum atomic E-state index is -3.52. The highest BCUT2D eigenvalue weighted by atomic mass is 32.2. The second kappa shape index (κ2) is 6.33. The van der Waals surface area contributed by atoms with E-state index in [4.69, 9.17) is 10.5 Å². The lowest BCUT2D eigenvalue weighted by Crippen LogP contribution is -2.41. The van der Waals surface area contributed by atoms with Crippen LogP contribution in [0, 0.1) is 0 Å². The fraction of sp³-hybridized carbons (Fsp3) is 0.500. The maximum Gasteiger partial charge on any atom is 0.242 e. The number of nitrogens with zero attached hydrogens (tertiary/aromatic N) is 1. The molecule has 1 aromatic rings. The first-order chi connectivity index (χ1) is 9.09. The van der Waals surface area contributed by atoms with Crippen molar-refractivity contribution in [3.8, 4) is 0 Å². The zero-order valence-corrected chi connectivity index (χ0v) is 11.5. The molecule has 1 heterocycles. The van der Waals surface area contributed by atoms with Crippen LogP contribution in [0.5, 0.6) is 0 Å². The predicted molar refractivity (Wildman–Crippen MR) is 73.3 cm³/mol. The van der Waals surface area contributed by atoms with E-state index in [0.717, 1.165) is 13.1 Å². The third kappa shape index (κ3) is 3.90. The average Bonchev–Trinajstić information content (AvgIpc) is 2.40. The van der Waals surface area contributed by atoms with Crippen LogP contribution in [0.4, 0.5) is 5.69 Å². The minimum absolute atomic E-state index is 0.136. The minimum Gasteiger partial charge on any atom is -0.398 e. The van der Waals surface area contributed by atoms with E-state index >= 15 is 0 Å². The van der Waals surface area contributed by atoms with Crippen molar-refractivity contribution in [3.63, 3.8) is 0 Å². The van der Waals surface area contributed by atoms with Gasteiger partial charge in [-0.15, -0.1) is 0 Å². The number of nitrogen functional groups attached to an aromatic ring is 1. The van der Waals surface area contributed by atoms with Crippen LogP contribution in [0.1, 0.15) is 0 Å². The molecular formula is C12H19N3O3S. The summed E-state index contributed by atoms with van der Waals surface area (Å²) in [6.07, 6.45) is 0. The standard InChI is InChI=1S/C12H19N3O3S/c13-11-3-1-2-4-12(11)19(16,17)14-5-6-15-7-9-18-10-8-15/h1-4,14H,5-10,13H2. The van der Waals surface area contributed by atoms with Crippen LogP contribution in [-0.2, 0) is 14.8 Å². The first kappa shape index (κ1) is 14.3. The number of nitrogens with one attached hydrogen (secondary N) is 1. The van der Waals surface area contributed by atoms with Crippen LogP contribution in [0.2, 0.25) is 0 Å². The number of benzene rings is 1. The van der Waals surface area contributed by atoms with Gasteiger partial charge in [-0.05, 0) is 12.1 Å². The SMILES string of the molecule is Nc1ccccc1S(=O)(=O)NCCN1CCOCC1. The molecule has 1 saturated heterocycles. The molecule has 0 bridgehead atoms. The van der Waals surface area contributed by atoms with Gasteiger partial charge in [0.25, 0.3) is 0 Å². The molecule has 0 saturated carbocycles. The highest BCUT2D eigenvalue weighted by Gasteiger charge is 2.17. The van der Waals surface area contributed by atoms with Crippen molar-refractivity contribution in [1.29, 1.82) is 0 Å². The fourth-order valence-corrected chi connectivity index (χ4v) is 3.12. The molecule has 0 aliphatic carbocycles. The molecule has 2 rings (SSSR count). The molecule has 0 aromatic heterocycles. The molecule has 0 radical (unpaired) electrons. The first-order valence-electron chi connectivity index (χ1n) is 6.24. The van der Waals surface area contributed by atoms with Gasteiger partial charge >= 0.3 is 0 Å².